The van der Waals surface area contributed by atoms with Crippen LogP contribution in [0.25, 0.3) is 0 Å². The molecule has 0 rings (SSSR count). The Bertz CT molecular complexity index is 375. The van der Waals surface area contributed by atoms with Gasteiger partial charge in [0.1, 0.15) is 0 Å². The number of rotatable bonds is 10. The molecule has 0 saturated heterocycles. The summed E-state index contributed by atoms with van der Waals surface area (Å²) in [4.78, 5) is 24.2. The summed E-state index contributed by atoms with van der Waals surface area (Å²) < 4.78 is 10.0. The number of nitriles is 1. The molecule has 0 aromatic heterocycles. The van der Waals surface area contributed by atoms with Crippen molar-refractivity contribution in [3.05, 3.63) is 0 Å². The molecular formula is C16H27NO4. The zero-order chi connectivity index (χ0) is 16.3. The van der Waals surface area contributed by atoms with Crippen molar-refractivity contribution in [3.63, 3.8) is 0 Å². The van der Waals surface area contributed by atoms with E-state index in [9.17, 15) is 14.9 Å². The lowest BCUT2D eigenvalue weighted by molar-refractivity contribution is -0.164. The van der Waals surface area contributed by atoms with Crippen LogP contribution in [-0.4, -0.2) is 25.2 Å². The fourth-order valence-electron chi connectivity index (χ4n) is 2.21. The average molecular weight is 297 g/mol. The van der Waals surface area contributed by atoms with Crippen molar-refractivity contribution in [2.75, 3.05) is 13.2 Å². The number of hydrogen-bond acceptors (Lipinski definition) is 5. The Morgan fingerprint density at radius 1 is 1.10 bits per heavy atom. The number of esters is 2. The number of hydrogen-bond donors (Lipinski definition) is 0. The van der Waals surface area contributed by atoms with Gasteiger partial charge in [0.05, 0.1) is 25.2 Å². The molecule has 0 aromatic carbocycles. The Labute approximate surface area is 127 Å². The number of unbranched alkanes of at least 4 members (excludes halogenated alkanes) is 3. The van der Waals surface area contributed by atoms with Crippen molar-refractivity contribution in [2.24, 2.45) is 11.3 Å². The molecule has 2 unspecified atom stereocenters. The molecule has 0 radical (unpaired) electrons. The predicted octanol–water partition coefficient (Wildman–Crippen LogP) is 3.23. The summed E-state index contributed by atoms with van der Waals surface area (Å²) in [6.07, 6.45) is 4.36. The molecule has 0 saturated carbocycles. The van der Waals surface area contributed by atoms with E-state index in [0.29, 0.717) is 6.42 Å². The molecule has 0 fully saturated rings. The zero-order valence-corrected chi connectivity index (χ0v) is 13.6. The topological polar surface area (TPSA) is 76.4 Å². The third-order valence-electron chi connectivity index (χ3n) is 3.55. The molecule has 21 heavy (non-hydrogen) atoms. The van der Waals surface area contributed by atoms with Gasteiger partial charge < -0.3 is 9.47 Å². The highest BCUT2D eigenvalue weighted by Gasteiger charge is 2.47. The Morgan fingerprint density at radius 3 is 2.19 bits per heavy atom. The van der Waals surface area contributed by atoms with Crippen LogP contribution >= 0.6 is 0 Å². The van der Waals surface area contributed by atoms with E-state index >= 15 is 0 Å². The van der Waals surface area contributed by atoms with Gasteiger partial charge in [0, 0.05) is 0 Å². The van der Waals surface area contributed by atoms with E-state index in [0.717, 1.165) is 25.7 Å². The van der Waals surface area contributed by atoms with E-state index in [1.165, 1.54) is 6.92 Å². The highest BCUT2D eigenvalue weighted by Crippen LogP contribution is 2.33. The second kappa shape index (κ2) is 10.2. The first-order valence-electron chi connectivity index (χ1n) is 7.72. The smallest absolute Gasteiger partial charge is 0.327 e. The molecule has 0 aromatic rings. The minimum absolute atomic E-state index is 0.182. The molecule has 0 aliphatic rings. The first-order valence-corrected chi connectivity index (χ1v) is 7.72. The van der Waals surface area contributed by atoms with Crippen LogP contribution in [0.3, 0.4) is 0 Å². The van der Waals surface area contributed by atoms with Gasteiger partial charge in [-0.3, -0.25) is 9.59 Å². The first kappa shape index (κ1) is 19.4. The second-order valence-electron chi connectivity index (χ2n) is 5.19. The SMILES string of the molecule is CCCCCCC(C(=O)OCC)C(C)(C#N)C(=O)OCC. The molecule has 0 heterocycles. The van der Waals surface area contributed by atoms with Crippen LogP contribution in [0.5, 0.6) is 0 Å². The first-order chi connectivity index (χ1) is 9.97. The van der Waals surface area contributed by atoms with E-state index in [2.05, 4.69) is 6.92 Å². The number of carbonyl (C=O) groups excluding carboxylic acids is 2. The minimum Gasteiger partial charge on any atom is -0.466 e. The van der Waals surface area contributed by atoms with E-state index in [4.69, 9.17) is 9.47 Å². The lowest BCUT2D eigenvalue weighted by Gasteiger charge is -2.27. The monoisotopic (exact) mass is 297 g/mol. The van der Waals surface area contributed by atoms with Gasteiger partial charge in [0.2, 0.25) is 0 Å². The van der Waals surface area contributed by atoms with Gasteiger partial charge in [-0.05, 0) is 27.2 Å². The Hall–Kier alpha value is -1.57. The van der Waals surface area contributed by atoms with Crippen molar-refractivity contribution in [2.45, 2.75) is 59.8 Å². The minimum atomic E-state index is -1.49. The molecule has 0 aliphatic heterocycles. The van der Waals surface area contributed by atoms with Gasteiger partial charge in [-0.1, -0.05) is 32.6 Å². The van der Waals surface area contributed by atoms with Crippen molar-refractivity contribution in [1.82, 2.24) is 0 Å². The Balaban J connectivity index is 5.09. The third-order valence-corrected chi connectivity index (χ3v) is 3.55. The molecule has 0 bridgehead atoms. The van der Waals surface area contributed by atoms with Crippen LogP contribution in [0.15, 0.2) is 0 Å². The molecule has 0 N–H and O–H groups in total. The van der Waals surface area contributed by atoms with Gasteiger partial charge >= 0.3 is 11.9 Å². The van der Waals surface area contributed by atoms with Gasteiger partial charge in [-0.25, -0.2) is 0 Å². The van der Waals surface area contributed by atoms with Gasteiger partial charge in [-0.15, -0.1) is 0 Å². The highest BCUT2D eigenvalue weighted by molar-refractivity contribution is 5.87. The Kier molecular flexibility index (Phi) is 9.44. The van der Waals surface area contributed by atoms with Crippen molar-refractivity contribution >= 4 is 11.9 Å². The van der Waals surface area contributed by atoms with Crippen molar-refractivity contribution in [1.29, 1.82) is 5.26 Å². The number of nitrogens with zero attached hydrogens (tertiary/aromatic N) is 1. The van der Waals surface area contributed by atoms with E-state index in [-0.39, 0.29) is 13.2 Å². The maximum absolute atomic E-state index is 12.1. The van der Waals surface area contributed by atoms with Crippen LogP contribution in [0, 0.1) is 22.7 Å². The fourth-order valence-corrected chi connectivity index (χ4v) is 2.21. The standard InChI is InChI=1S/C16H27NO4/c1-5-8-9-10-11-13(14(18)20-6-2)16(4,12-17)15(19)21-7-3/h13H,5-11H2,1-4H3. The summed E-state index contributed by atoms with van der Waals surface area (Å²) in [5, 5.41) is 9.41. The second-order valence-corrected chi connectivity index (χ2v) is 5.19. The van der Waals surface area contributed by atoms with Crippen molar-refractivity contribution in [3.8, 4) is 6.07 Å². The largest absolute Gasteiger partial charge is 0.466 e. The maximum atomic E-state index is 12.1. The van der Waals surface area contributed by atoms with Crippen LogP contribution in [0.2, 0.25) is 0 Å². The molecule has 5 nitrogen and oxygen atoms in total. The molecule has 5 heteroatoms. The van der Waals surface area contributed by atoms with Crippen LogP contribution in [-0.2, 0) is 19.1 Å². The molecule has 0 amide bonds. The van der Waals surface area contributed by atoms with E-state index < -0.39 is 23.3 Å². The molecular weight excluding hydrogens is 270 g/mol. The number of carbonyl (C=O) groups is 2. The summed E-state index contributed by atoms with van der Waals surface area (Å²) in [6, 6.07) is 1.97. The summed E-state index contributed by atoms with van der Waals surface area (Å²) in [6.45, 7) is 7.36. The van der Waals surface area contributed by atoms with Gasteiger partial charge in [0.25, 0.3) is 0 Å². The number of ether oxygens (including phenoxy) is 2. The molecule has 120 valence electrons. The summed E-state index contributed by atoms with van der Waals surface area (Å²) in [7, 11) is 0. The van der Waals surface area contributed by atoms with Crippen LogP contribution in [0.4, 0.5) is 0 Å². The molecule has 2 atom stereocenters. The normalized spacial score (nSPS) is 14.6. The lowest BCUT2D eigenvalue weighted by Crippen LogP contribution is -2.41. The van der Waals surface area contributed by atoms with Crippen LogP contribution < -0.4 is 0 Å². The van der Waals surface area contributed by atoms with E-state index in [1.54, 1.807) is 13.8 Å². The van der Waals surface area contributed by atoms with Crippen molar-refractivity contribution < 1.29 is 19.1 Å². The fraction of sp³-hybridized carbons (Fsp3) is 0.812. The molecule has 0 aliphatic carbocycles. The quantitative estimate of drug-likeness (QED) is 0.457. The maximum Gasteiger partial charge on any atom is 0.327 e. The summed E-state index contributed by atoms with van der Waals surface area (Å²) in [5.74, 6) is -1.93. The molecule has 0 spiro atoms. The Morgan fingerprint density at radius 2 is 1.71 bits per heavy atom. The summed E-state index contributed by atoms with van der Waals surface area (Å²) >= 11 is 0. The third kappa shape index (κ3) is 5.74. The van der Waals surface area contributed by atoms with Crippen LogP contribution in [0.1, 0.15) is 59.8 Å². The predicted molar refractivity (Wildman–Crippen MR) is 79.2 cm³/mol. The highest BCUT2D eigenvalue weighted by atomic mass is 16.5. The van der Waals surface area contributed by atoms with E-state index in [1.807, 2.05) is 6.07 Å². The lowest BCUT2D eigenvalue weighted by atomic mass is 9.75. The zero-order valence-electron chi connectivity index (χ0n) is 13.6. The summed E-state index contributed by atoms with van der Waals surface area (Å²) in [5.41, 5.74) is -1.49. The van der Waals surface area contributed by atoms with Gasteiger partial charge in [0.15, 0.2) is 5.41 Å². The van der Waals surface area contributed by atoms with Gasteiger partial charge in [-0.2, -0.15) is 5.26 Å². The average Bonchev–Trinajstić information content (AvgIpc) is 2.47.